The fourth-order valence-corrected chi connectivity index (χ4v) is 3.14. The molecule has 156 valence electrons. The van der Waals surface area contributed by atoms with Crippen LogP contribution in [-0.2, 0) is 9.59 Å². The summed E-state index contributed by atoms with van der Waals surface area (Å²) in [6.45, 7) is 3.73. The van der Waals surface area contributed by atoms with Gasteiger partial charge in [0.2, 0.25) is 11.8 Å². The van der Waals surface area contributed by atoms with Crippen LogP contribution in [0.15, 0.2) is 54.6 Å². The van der Waals surface area contributed by atoms with Gasteiger partial charge < -0.3 is 10.6 Å². The molecule has 0 saturated heterocycles. The summed E-state index contributed by atoms with van der Waals surface area (Å²) >= 11 is 0. The molecule has 0 atom stereocenters. The summed E-state index contributed by atoms with van der Waals surface area (Å²) < 4.78 is 15.0. The lowest BCUT2D eigenvalue weighted by atomic mass is 10.3. The number of aryl methyl sites for hydroxylation is 1. The van der Waals surface area contributed by atoms with Crippen molar-refractivity contribution in [2.24, 2.45) is 0 Å². The molecule has 0 radical (unpaired) electrons. The molecular formula is C22H24FN5O2. The van der Waals surface area contributed by atoms with Crippen LogP contribution < -0.4 is 10.6 Å². The molecule has 8 heteroatoms. The minimum absolute atomic E-state index is 0.00876. The normalized spacial score (nSPS) is 10.8. The first-order valence-corrected chi connectivity index (χ1v) is 9.49. The number of rotatable bonds is 7. The van der Waals surface area contributed by atoms with Gasteiger partial charge in [-0.25, -0.2) is 9.07 Å². The number of likely N-dealkylation sites (N-methyl/N-ethyl adjacent to an activating group) is 1. The van der Waals surface area contributed by atoms with Gasteiger partial charge in [0.15, 0.2) is 0 Å². The van der Waals surface area contributed by atoms with Gasteiger partial charge in [-0.2, -0.15) is 5.10 Å². The Morgan fingerprint density at radius 2 is 1.67 bits per heavy atom. The standard InChI is InChI=1S/C22H24FN5O2/c1-15-22(16(2)28(26-15)19-10-5-4-6-11-19)25-21(30)14-27(3)13-20(29)24-18-9-7-8-17(23)12-18/h4-12H,13-14H2,1-3H3,(H,24,29)(H,25,30). The Kier molecular flexibility index (Phi) is 6.58. The van der Waals surface area contributed by atoms with Crippen molar-refractivity contribution in [2.75, 3.05) is 30.8 Å². The molecule has 0 fully saturated rings. The molecular weight excluding hydrogens is 385 g/mol. The van der Waals surface area contributed by atoms with E-state index in [0.717, 1.165) is 11.4 Å². The predicted molar refractivity (Wildman–Crippen MR) is 114 cm³/mol. The van der Waals surface area contributed by atoms with Gasteiger partial charge in [-0.1, -0.05) is 24.3 Å². The Hall–Kier alpha value is -3.52. The van der Waals surface area contributed by atoms with Gasteiger partial charge in [-0.05, 0) is 51.2 Å². The molecule has 0 bridgehead atoms. The molecule has 2 N–H and O–H groups in total. The van der Waals surface area contributed by atoms with E-state index in [1.165, 1.54) is 18.2 Å². The van der Waals surface area contributed by atoms with Crippen LogP contribution in [0.2, 0.25) is 0 Å². The number of carbonyl (C=O) groups excluding carboxylic acids is 2. The average molecular weight is 409 g/mol. The number of hydrogen-bond acceptors (Lipinski definition) is 4. The van der Waals surface area contributed by atoms with Crippen molar-refractivity contribution in [3.8, 4) is 5.69 Å². The Morgan fingerprint density at radius 3 is 2.33 bits per heavy atom. The highest BCUT2D eigenvalue weighted by Crippen LogP contribution is 2.22. The maximum Gasteiger partial charge on any atom is 0.238 e. The second-order valence-corrected chi connectivity index (χ2v) is 7.07. The van der Waals surface area contributed by atoms with E-state index >= 15 is 0 Å². The third-order valence-electron chi connectivity index (χ3n) is 4.49. The number of amides is 2. The SMILES string of the molecule is Cc1nn(-c2ccccc2)c(C)c1NC(=O)CN(C)CC(=O)Nc1cccc(F)c1. The molecule has 1 aromatic heterocycles. The molecule has 7 nitrogen and oxygen atoms in total. The summed E-state index contributed by atoms with van der Waals surface area (Å²) in [5, 5.41) is 10.0. The van der Waals surface area contributed by atoms with E-state index in [1.54, 1.807) is 22.7 Å². The maximum atomic E-state index is 13.2. The number of para-hydroxylation sites is 1. The minimum Gasteiger partial charge on any atom is -0.325 e. The van der Waals surface area contributed by atoms with E-state index in [2.05, 4.69) is 15.7 Å². The highest BCUT2D eigenvalue weighted by Gasteiger charge is 2.17. The second kappa shape index (κ2) is 9.32. The number of hydrogen-bond donors (Lipinski definition) is 2. The molecule has 0 spiro atoms. The smallest absolute Gasteiger partial charge is 0.238 e. The maximum absolute atomic E-state index is 13.2. The third kappa shape index (κ3) is 5.30. The number of benzene rings is 2. The molecule has 0 aliphatic carbocycles. The summed E-state index contributed by atoms with van der Waals surface area (Å²) in [6, 6.07) is 15.3. The van der Waals surface area contributed by atoms with Gasteiger partial charge in [0.05, 0.1) is 35.9 Å². The summed E-state index contributed by atoms with van der Waals surface area (Å²) in [4.78, 5) is 26.2. The lowest BCUT2D eigenvalue weighted by Gasteiger charge is -2.16. The van der Waals surface area contributed by atoms with Crippen LogP contribution in [0, 0.1) is 19.7 Å². The Labute approximate surface area is 174 Å². The van der Waals surface area contributed by atoms with E-state index in [-0.39, 0.29) is 24.9 Å². The quantitative estimate of drug-likeness (QED) is 0.628. The molecule has 1 heterocycles. The van der Waals surface area contributed by atoms with E-state index < -0.39 is 5.82 Å². The molecule has 0 saturated carbocycles. The largest absolute Gasteiger partial charge is 0.325 e. The molecule has 2 aromatic carbocycles. The van der Waals surface area contributed by atoms with Crippen LogP contribution >= 0.6 is 0 Å². The van der Waals surface area contributed by atoms with Crippen molar-refractivity contribution in [3.05, 3.63) is 71.8 Å². The lowest BCUT2D eigenvalue weighted by Crippen LogP contribution is -2.36. The Balaban J connectivity index is 1.57. The summed E-state index contributed by atoms with van der Waals surface area (Å²) in [5.41, 5.74) is 3.46. The van der Waals surface area contributed by atoms with Gasteiger partial charge >= 0.3 is 0 Å². The van der Waals surface area contributed by atoms with Crippen LogP contribution in [0.3, 0.4) is 0 Å². The van der Waals surface area contributed by atoms with Gasteiger partial charge in [-0.15, -0.1) is 0 Å². The zero-order valence-corrected chi connectivity index (χ0v) is 17.1. The van der Waals surface area contributed by atoms with Gasteiger partial charge in [0.25, 0.3) is 0 Å². The van der Waals surface area contributed by atoms with Crippen LogP contribution in [0.4, 0.5) is 15.8 Å². The van der Waals surface area contributed by atoms with Gasteiger partial charge in [-0.3, -0.25) is 14.5 Å². The van der Waals surface area contributed by atoms with Gasteiger partial charge in [0.1, 0.15) is 5.82 Å². The van der Waals surface area contributed by atoms with Crippen LogP contribution in [-0.4, -0.2) is 46.6 Å². The van der Waals surface area contributed by atoms with Crippen LogP contribution in [0.1, 0.15) is 11.4 Å². The van der Waals surface area contributed by atoms with E-state index in [0.29, 0.717) is 17.1 Å². The molecule has 3 rings (SSSR count). The fraction of sp³-hybridized carbons (Fsp3) is 0.227. The number of halogens is 1. The third-order valence-corrected chi connectivity index (χ3v) is 4.49. The van der Waals surface area contributed by atoms with E-state index in [4.69, 9.17) is 0 Å². The molecule has 3 aromatic rings. The van der Waals surface area contributed by atoms with Crippen LogP contribution in [0.25, 0.3) is 5.69 Å². The highest BCUT2D eigenvalue weighted by molar-refractivity contribution is 5.95. The summed E-state index contributed by atoms with van der Waals surface area (Å²) in [6.07, 6.45) is 0. The minimum atomic E-state index is -0.428. The van der Waals surface area contributed by atoms with Crippen molar-refractivity contribution in [3.63, 3.8) is 0 Å². The summed E-state index contributed by atoms with van der Waals surface area (Å²) in [7, 11) is 1.66. The topological polar surface area (TPSA) is 79.3 Å². The zero-order chi connectivity index (χ0) is 21.7. The van der Waals surface area contributed by atoms with Crippen molar-refractivity contribution >= 4 is 23.2 Å². The van der Waals surface area contributed by atoms with Crippen LogP contribution in [0.5, 0.6) is 0 Å². The molecule has 0 aliphatic heterocycles. The van der Waals surface area contributed by atoms with Crippen molar-refractivity contribution in [1.29, 1.82) is 0 Å². The number of aromatic nitrogens is 2. The number of anilines is 2. The first-order valence-electron chi connectivity index (χ1n) is 9.49. The van der Waals surface area contributed by atoms with Crippen molar-refractivity contribution < 1.29 is 14.0 Å². The second-order valence-electron chi connectivity index (χ2n) is 7.07. The number of nitrogens with zero attached hydrogens (tertiary/aromatic N) is 3. The Morgan fingerprint density at radius 1 is 1.00 bits per heavy atom. The first kappa shape index (κ1) is 21.2. The zero-order valence-electron chi connectivity index (χ0n) is 17.1. The molecule has 2 amide bonds. The molecule has 30 heavy (non-hydrogen) atoms. The average Bonchev–Trinajstić information content (AvgIpc) is 2.96. The fourth-order valence-electron chi connectivity index (χ4n) is 3.14. The first-order chi connectivity index (χ1) is 14.3. The molecule has 0 unspecified atom stereocenters. The Bertz CT molecular complexity index is 1050. The molecule has 0 aliphatic rings. The monoisotopic (exact) mass is 409 g/mol. The lowest BCUT2D eigenvalue weighted by molar-refractivity contribution is -0.119. The van der Waals surface area contributed by atoms with Gasteiger partial charge in [0, 0.05) is 5.69 Å². The van der Waals surface area contributed by atoms with Crippen molar-refractivity contribution in [2.45, 2.75) is 13.8 Å². The van der Waals surface area contributed by atoms with E-state index in [1.807, 2.05) is 44.2 Å². The predicted octanol–water partition coefficient (Wildman–Crippen LogP) is 3.14. The van der Waals surface area contributed by atoms with E-state index in [9.17, 15) is 14.0 Å². The number of nitrogens with one attached hydrogen (secondary N) is 2. The highest BCUT2D eigenvalue weighted by atomic mass is 19.1. The number of carbonyl (C=O) groups is 2. The summed E-state index contributed by atoms with van der Waals surface area (Å²) in [5.74, 6) is -1.02. The van der Waals surface area contributed by atoms with Crippen molar-refractivity contribution in [1.82, 2.24) is 14.7 Å².